The number of carbonyl (C=O) groups excluding carboxylic acids is 1. The van der Waals surface area contributed by atoms with E-state index < -0.39 is 0 Å². The molecule has 0 spiro atoms. The van der Waals surface area contributed by atoms with Crippen LogP contribution in [0.3, 0.4) is 0 Å². The zero-order valence-electron chi connectivity index (χ0n) is 10.3. The maximum absolute atomic E-state index is 11.1. The molecule has 0 amide bonds. The second-order valence-electron chi connectivity index (χ2n) is 4.50. The Bertz CT molecular complexity index is 563. The molecule has 0 saturated heterocycles. The highest BCUT2D eigenvalue weighted by Gasteiger charge is 2.17. The van der Waals surface area contributed by atoms with Gasteiger partial charge in [0.1, 0.15) is 5.69 Å². The maximum atomic E-state index is 11.1. The van der Waals surface area contributed by atoms with Crippen LogP contribution < -0.4 is 0 Å². The van der Waals surface area contributed by atoms with Gasteiger partial charge in [0.25, 0.3) is 0 Å². The molecule has 1 aromatic heterocycles. The Balaban J connectivity index is 2.57. The summed E-state index contributed by atoms with van der Waals surface area (Å²) in [6.07, 6.45) is 0.711. The second-order valence-corrected chi connectivity index (χ2v) is 4.90. The summed E-state index contributed by atoms with van der Waals surface area (Å²) in [6, 6.07) is 7.38. The van der Waals surface area contributed by atoms with Gasteiger partial charge in [-0.2, -0.15) is 0 Å². The Morgan fingerprint density at radius 1 is 1.39 bits per heavy atom. The molecular weight excluding hydrogens is 250 g/mol. The molecule has 18 heavy (non-hydrogen) atoms. The van der Waals surface area contributed by atoms with E-state index >= 15 is 0 Å². The molecule has 2 aromatic rings. The lowest BCUT2D eigenvalue weighted by Gasteiger charge is -2.10. The molecule has 4 nitrogen and oxygen atoms in total. The number of halogens is 1. The van der Waals surface area contributed by atoms with Gasteiger partial charge in [0.2, 0.25) is 0 Å². The summed E-state index contributed by atoms with van der Waals surface area (Å²) in [7, 11) is 0. The monoisotopic (exact) mass is 263 g/mol. The molecule has 94 valence electrons. The zero-order chi connectivity index (χ0) is 13.1. The molecule has 0 aliphatic heterocycles. The minimum absolute atomic E-state index is 0.323. The Morgan fingerprint density at radius 3 is 2.72 bits per heavy atom. The van der Waals surface area contributed by atoms with E-state index in [-0.39, 0.29) is 0 Å². The first-order valence-corrected chi connectivity index (χ1v) is 6.15. The van der Waals surface area contributed by atoms with Crippen molar-refractivity contribution in [3.05, 3.63) is 35.0 Å². The average molecular weight is 264 g/mol. The smallest absolute Gasteiger partial charge is 0.172 e. The molecule has 0 unspecified atom stereocenters. The van der Waals surface area contributed by atoms with E-state index in [0.717, 1.165) is 5.56 Å². The highest BCUT2D eigenvalue weighted by Crippen LogP contribution is 2.29. The number of benzene rings is 1. The van der Waals surface area contributed by atoms with Gasteiger partial charge in [0, 0.05) is 12.1 Å². The third-order valence-corrected chi connectivity index (χ3v) is 2.87. The average Bonchev–Trinajstić information content (AvgIpc) is 2.72. The molecule has 2 rings (SSSR count). The van der Waals surface area contributed by atoms with Gasteiger partial charge >= 0.3 is 0 Å². The van der Waals surface area contributed by atoms with Gasteiger partial charge in [-0.3, -0.25) is 4.79 Å². The normalized spacial score (nSPS) is 10.9. The summed E-state index contributed by atoms with van der Waals surface area (Å²) < 4.78 is 1.73. The number of hydrogen-bond acceptors (Lipinski definition) is 3. The van der Waals surface area contributed by atoms with Crippen LogP contribution in [0.5, 0.6) is 0 Å². The standard InChI is InChI=1S/C13H14ClN3O/c1-9(2)7-17-13(12(8-18)15-16-17)10-5-3-4-6-11(10)14/h3-6,8-9H,7H2,1-2H3. The number of nitrogens with zero attached hydrogens (tertiary/aromatic N) is 3. The quantitative estimate of drug-likeness (QED) is 0.797. The fourth-order valence-electron chi connectivity index (χ4n) is 1.81. The van der Waals surface area contributed by atoms with E-state index in [1.54, 1.807) is 10.7 Å². The van der Waals surface area contributed by atoms with Crippen molar-refractivity contribution in [1.82, 2.24) is 15.0 Å². The number of rotatable bonds is 4. The van der Waals surface area contributed by atoms with Crippen LogP contribution in [0.4, 0.5) is 0 Å². The molecule has 0 radical (unpaired) electrons. The lowest BCUT2D eigenvalue weighted by molar-refractivity contribution is 0.111. The molecule has 5 heteroatoms. The molecule has 0 aliphatic rings. The number of hydrogen-bond donors (Lipinski definition) is 0. The van der Waals surface area contributed by atoms with Crippen molar-refractivity contribution in [2.24, 2.45) is 5.92 Å². The molecule has 0 atom stereocenters. The second kappa shape index (κ2) is 5.31. The largest absolute Gasteiger partial charge is 0.296 e. The third kappa shape index (κ3) is 2.43. The Hall–Kier alpha value is -1.68. The minimum atomic E-state index is 0.323. The van der Waals surface area contributed by atoms with Crippen molar-refractivity contribution < 1.29 is 4.79 Å². The SMILES string of the molecule is CC(C)Cn1nnc(C=O)c1-c1ccccc1Cl. The predicted molar refractivity (Wildman–Crippen MR) is 70.7 cm³/mol. The van der Waals surface area contributed by atoms with Crippen molar-refractivity contribution in [1.29, 1.82) is 0 Å². The lowest BCUT2D eigenvalue weighted by Crippen LogP contribution is -2.08. The van der Waals surface area contributed by atoms with Crippen molar-refractivity contribution in [2.75, 3.05) is 0 Å². The Morgan fingerprint density at radius 2 is 2.11 bits per heavy atom. The van der Waals surface area contributed by atoms with Gasteiger partial charge in [-0.1, -0.05) is 48.9 Å². The highest BCUT2D eigenvalue weighted by molar-refractivity contribution is 6.33. The molecule has 1 heterocycles. The van der Waals surface area contributed by atoms with Crippen LogP contribution in [0.2, 0.25) is 5.02 Å². The van der Waals surface area contributed by atoms with Crippen molar-refractivity contribution in [2.45, 2.75) is 20.4 Å². The first-order chi connectivity index (χ1) is 8.63. The van der Waals surface area contributed by atoms with Crippen LogP contribution in [0.1, 0.15) is 24.3 Å². The minimum Gasteiger partial charge on any atom is -0.296 e. The van der Waals surface area contributed by atoms with Crippen molar-refractivity contribution >= 4 is 17.9 Å². The maximum Gasteiger partial charge on any atom is 0.172 e. The molecule has 0 N–H and O–H groups in total. The van der Waals surface area contributed by atoms with E-state index in [1.807, 2.05) is 18.2 Å². The van der Waals surface area contributed by atoms with Gasteiger partial charge in [-0.15, -0.1) is 5.10 Å². The summed E-state index contributed by atoms with van der Waals surface area (Å²) in [5.74, 6) is 0.410. The van der Waals surface area contributed by atoms with Gasteiger partial charge < -0.3 is 0 Å². The van der Waals surface area contributed by atoms with Crippen LogP contribution in [0, 0.1) is 5.92 Å². The van der Waals surface area contributed by atoms with Crippen LogP contribution in [0.25, 0.3) is 11.3 Å². The van der Waals surface area contributed by atoms with Crippen LogP contribution in [-0.4, -0.2) is 21.3 Å². The van der Waals surface area contributed by atoms with Crippen LogP contribution in [0.15, 0.2) is 24.3 Å². The van der Waals surface area contributed by atoms with E-state index in [0.29, 0.717) is 35.2 Å². The topological polar surface area (TPSA) is 47.8 Å². The molecule has 0 aliphatic carbocycles. The fourth-order valence-corrected chi connectivity index (χ4v) is 2.04. The molecule has 0 fully saturated rings. The molecular formula is C13H14ClN3O. The summed E-state index contributed by atoms with van der Waals surface area (Å²) in [4.78, 5) is 11.1. The first kappa shape index (κ1) is 12.8. The van der Waals surface area contributed by atoms with E-state index in [4.69, 9.17) is 11.6 Å². The fraction of sp³-hybridized carbons (Fsp3) is 0.308. The number of aromatic nitrogens is 3. The zero-order valence-corrected chi connectivity index (χ0v) is 11.1. The highest BCUT2D eigenvalue weighted by atomic mass is 35.5. The Kier molecular flexibility index (Phi) is 3.77. The summed E-state index contributed by atoms with van der Waals surface area (Å²) in [5.41, 5.74) is 1.79. The third-order valence-electron chi connectivity index (χ3n) is 2.54. The van der Waals surface area contributed by atoms with Crippen molar-refractivity contribution in [3.63, 3.8) is 0 Å². The predicted octanol–water partition coefficient (Wildman–Crippen LogP) is 3.07. The van der Waals surface area contributed by atoms with E-state index in [9.17, 15) is 4.79 Å². The van der Waals surface area contributed by atoms with Gasteiger partial charge in [0.05, 0.1) is 5.02 Å². The number of aldehydes is 1. The van der Waals surface area contributed by atoms with E-state index in [2.05, 4.69) is 24.2 Å². The Labute approximate surface area is 111 Å². The molecule has 0 bridgehead atoms. The summed E-state index contributed by atoms with van der Waals surface area (Å²) in [5, 5.41) is 8.50. The van der Waals surface area contributed by atoms with Crippen LogP contribution >= 0.6 is 11.6 Å². The van der Waals surface area contributed by atoms with Crippen molar-refractivity contribution in [3.8, 4) is 11.3 Å². The summed E-state index contributed by atoms with van der Waals surface area (Å²) in [6.45, 7) is 4.86. The van der Waals surface area contributed by atoms with Gasteiger partial charge in [-0.05, 0) is 12.0 Å². The molecule has 1 aromatic carbocycles. The summed E-state index contributed by atoms with van der Waals surface area (Å²) >= 11 is 6.17. The first-order valence-electron chi connectivity index (χ1n) is 5.77. The van der Waals surface area contributed by atoms with E-state index in [1.165, 1.54) is 0 Å². The lowest BCUT2D eigenvalue weighted by atomic mass is 10.1. The van der Waals surface area contributed by atoms with Gasteiger partial charge in [0.15, 0.2) is 12.0 Å². The number of carbonyl (C=O) groups is 1. The van der Waals surface area contributed by atoms with Crippen LogP contribution in [-0.2, 0) is 6.54 Å². The molecule has 0 saturated carbocycles. The van der Waals surface area contributed by atoms with Gasteiger partial charge in [-0.25, -0.2) is 4.68 Å².